The summed E-state index contributed by atoms with van der Waals surface area (Å²) in [7, 11) is 0. The largest absolute Gasteiger partial charge is 0.459 e. The molecular weight excluding hydrogens is 194 g/mol. The summed E-state index contributed by atoms with van der Waals surface area (Å²) < 4.78 is 4.98. The Balaban J connectivity index is 2.01. The summed E-state index contributed by atoms with van der Waals surface area (Å²) in [4.78, 5) is 11.6. The number of nitrogens with zero attached hydrogens (tertiary/aromatic N) is 1. The third-order valence-electron chi connectivity index (χ3n) is 2.11. The molecule has 0 aliphatic heterocycles. The number of hydrogen-bond donors (Lipinski definition) is 2. The Bertz CT molecular complexity index is 419. The van der Waals surface area contributed by atoms with E-state index in [0.29, 0.717) is 5.76 Å². The predicted molar refractivity (Wildman–Crippen MR) is 53.2 cm³/mol. The number of hydrogen-bond acceptors (Lipinski definition) is 3. The third kappa shape index (κ3) is 2.07. The van der Waals surface area contributed by atoms with Crippen molar-refractivity contribution in [1.29, 1.82) is 0 Å². The molecule has 15 heavy (non-hydrogen) atoms. The zero-order valence-electron chi connectivity index (χ0n) is 8.23. The highest BCUT2D eigenvalue weighted by atomic mass is 16.3. The van der Waals surface area contributed by atoms with Gasteiger partial charge in [0.2, 0.25) is 0 Å². The first-order chi connectivity index (χ1) is 7.27. The van der Waals surface area contributed by atoms with Crippen molar-refractivity contribution in [2.75, 3.05) is 0 Å². The smallest absolute Gasteiger partial charge is 0.287 e. The number of rotatable bonds is 3. The van der Waals surface area contributed by atoms with Gasteiger partial charge in [0.25, 0.3) is 5.91 Å². The topological polar surface area (TPSA) is 70.9 Å². The van der Waals surface area contributed by atoms with Gasteiger partial charge in [0.15, 0.2) is 5.76 Å². The maximum atomic E-state index is 11.6. The number of amides is 1. The molecule has 2 aromatic heterocycles. The summed E-state index contributed by atoms with van der Waals surface area (Å²) in [5, 5.41) is 9.30. The van der Waals surface area contributed by atoms with Gasteiger partial charge in [0.1, 0.15) is 0 Å². The zero-order valence-corrected chi connectivity index (χ0v) is 8.23. The molecule has 5 heteroatoms. The number of carbonyl (C=O) groups excluding carboxylic acids is 1. The van der Waals surface area contributed by atoms with Crippen molar-refractivity contribution in [3.8, 4) is 0 Å². The summed E-state index contributed by atoms with van der Waals surface area (Å²) in [6.45, 7) is 1.88. The Labute approximate surface area is 86.5 Å². The van der Waals surface area contributed by atoms with E-state index in [0.717, 1.165) is 5.56 Å². The Hall–Kier alpha value is -2.04. The molecule has 1 unspecified atom stereocenters. The first-order valence-corrected chi connectivity index (χ1v) is 4.60. The van der Waals surface area contributed by atoms with Gasteiger partial charge < -0.3 is 9.73 Å². The van der Waals surface area contributed by atoms with Gasteiger partial charge in [-0.15, -0.1) is 0 Å². The first-order valence-electron chi connectivity index (χ1n) is 4.60. The van der Waals surface area contributed by atoms with Crippen LogP contribution >= 0.6 is 0 Å². The molecule has 0 radical (unpaired) electrons. The van der Waals surface area contributed by atoms with Gasteiger partial charge in [0, 0.05) is 11.8 Å². The molecule has 1 atom stereocenters. The van der Waals surface area contributed by atoms with Crippen LogP contribution in [0, 0.1) is 0 Å². The maximum Gasteiger partial charge on any atom is 0.287 e. The van der Waals surface area contributed by atoms with Crippen LogP contribution in [0.15, 0.2) is 35.2 Å². The number of furan rings is 1. The standard InChI is InChI=1S/C10H11N3O2/c1-7(8-5-11-12-6-8)13-10(14)9-3-2-4-15-9/h2-7H,1H3,(H,11,12)(H,13,14). The van der Waals surface area contributed by atoms with Crippen molar-refractivity contribution in [3.63, 3.8) is 0 Å². The monoisotopic (exact) mass is 205 g/mol. The number of nitrogens with one attached hydrogen (secondary N) is 2. The van der Waals surface area contributed by atoms with Gasteiger partial charge in [-0.1, -0.05) is 0 Å². The number of aromatic amines is 1. The van der Waals surface area contributed by atoms with Gasteiger partial charge >= 0.3 is 0 Å². The molecule has 78 valence electrons. The molecule has 2 heterocycles. The van der Waals surface area contributed by atoms with Crippen molar-refractivity contribution in [2.24, 2.45) is 0 Å². The Morgan fingerprint density at radius 1 is 1.67 bits per heavy atom. The minimum Gasteiger partial charge on any atom is -0.459 e. The summed E-state index contributed by atoms with van der Waals surface area (Å²) in [5.41, 5.74) is 0.926. The average molecular weight is 205 g/mol. The molecule has 0 aliphatic rings. The second kappa shape index (κ2) is 4.00. The van der Waals surface area contributed by atoms with Crippen LogP contribution in [0.5, 0.6) is 0 Å². The quantitative estimate of drug-likeness (QED) is 0.797. The molecule has 0 aromatic carbocycles. The Morgan fingerprint density at radius 3 is 3.13 bits per heavy atom. The van der Waals surface area contributed by atoms with E-state index in [1.54, 1.807) is 24.5 Å². The van der Waals surface area contributed by atoms with Crippen LogP contribution in [0.25, 0.3) is 0 Å². The lowest BCUT2D eigenvalue weighted by Gasteiger charge is -2.10. The lowest BCUT2D eigenvalue weighted by atomic mass is 10.2. The molecule has 2 aromatic rings. The van der Waals surface area contributed by atoms with Crippen LogP contribution in [0.2, 0.25) is 0 Å². The minimum atomic E-state index is -0.228. The normalized spacial score (nSPS) is 12.3. The van der Waals surface area contributed by atoms with Crippen LogP contribution in [-0.2, 0) is 0 Å². The van der Waals surface area contributed by atoms with Crippen LogP contribution in [0.1, 0.15) is 29.1 Å². The fourth-order valence-electron chi connectivity index (χ4n) is 1.26. The van der Waals surface area contributed by atoms with Crippen LogP contribution in [0.3, 0.4) is 0 Å². The van der Waals surface area contributed by atoms with E-state index in [9.17, 15) is 4.79 Å². The molecule has 0 aliphatic carbocycles. The van der Waals surface area contributed by atoms with Crippen molar-refractivity contribution in [2.45, 2.75) is 13.0 Å². The van der Waals surface area contributed by atoms with E-state index in [1.807, 2.05) is 6.92 Å². The lowest BCUT2D eigenvalue weighted by Crippen LogP contribution is -2.25. The van der Waals surface area contributed by atoms with Crippen molar-refractivity contribution in [3.05, 3.63) is 42.1 Å². The highest BCUT2D eigenvalue weighted by molar-refractivity contribution is 5.91. The van der Waals surface area contributed by atoms with Gasteiger partial charge in [-0.25, -0.2) is 0 Å². The van der Waals surface area contributed by atoms with Gasteiger partial charge in [-0.2, -0.15) is 5.10 Å². The predicted octanol–water partition coefficient (Wildman–Crippen LogP) is 1.49. The Kier molecular flexibility index (Phi) is 2.53. The molecule has 0 spiro atoms. The molecule has 1 amide bonds. The van der Waals surface area contributed by atoms with E-state index >= 15 is 0 Å². The molecule has 5 nitrogen and oxygen atoms in total. The van der Waals surface area contributed by atoms with Gasteiger partial charge in [-0.05, 0) is 19.1 Å². The number of carbonyl (C=O) groups is 1. The summed E-state index contributed by atoms with van der Waals surface area (Å²) in [5.74, 6) is 0.0824. The lowest BCUT2D eigenvalue weighted by molar-refractivity contribution is 0.0912. The third-order valence-corrected chi connectivity index (χ3v) is 2.11. The van der Waals surface area contributed by atoms with E-state index in [1.165, 1.54) is 6.26 Å². The van der Waals surface area contributed by atoms with Gasteiger partial charge in [-0.3, -0.25) is 9.89 Å². The van der Waals surface area contributed by atoms with E-state index < -0.39 is 0 Å². The second-order valence-corrected chi connectivity index (χ2v) is 3.20. The van der Waals surface area contributed by atoms with E-state index in [4.69, 9.17) is 4.42 Å². The van der Waals surface area contributed by atoms with Crippen LogP contribution in [-0.4, -0.2) is 16.1 Å². The van der Waals surface area contributed by atoms with Crippen molar-refractivity contribution in [1.82, 2.24) is 15.5 Å². The van der Waals surface area contributed by atoms with Crippen LogP contribution in [0.4, 0.5) is 0 Å². The van der Waals surface area contributed by atoms with Crippen LogP contribution < -0.4 is 5.32 Å². The van der Waals surface area contributed by atoms with E-state index in [2.05, 4.69) is 15.5 Å². The number of H-pyrrole nitrogens is 1. The molecule has 0 bridgehead atoms. The molecular formula is C10H11N3O2. The molecule has 0 saturated carbocycles. The first kappa shape index (κ1) is 9.51. The fraction of sp³-hybridized carbons (Fsp3) is 0.200. The summed E-state index contributed by atoms with van der Waals surface area (Å²) in [6, 6.07) is 3.20. The average Bonchev–Trinajstić information content (AvgIpc) is 2.91. The molecule has 2 rings (SSSR count). The fourth-order valence-corrected chi connectivity index (χ4v) is 1.26. The SMILES string of the molecule is CC(NC(=O)c1ccco1)c1cn[nH]c1. The zero-order chi connectivity index (χ0) is 10.7. The summed E-state index contributed by atoms with van der Waals surface area (Å²) >= 11 is 0. The number of aromatic nitrogens is 2. The summed E-state index contributed by atoms with van der Waals surface area (Å²) in [6.07, 6.45) is 4.89. The second-order valence-electron chi connectivity index (χ2n) is 3.20. The minimum absolute atomic E-state index is 0.0960. The van der Waals surface area contributed by atoms with Crippen molar-refractivity contribution < 1.29 is 9.21 Å². The highest BCUT2D eigenvalue weighted by Gasteiger charge is 2.13. The maximum absolute atomic E-state index is 11.6. The Morgan fingerprint density at radius 2 is 2.53 bits per heavy atom. The van der Waals surface area contributed by atoms with Crippen molar-refractivity contribution >= 4 is 5.91 Å². The molecule has 2 N–H and O–H groups in total. The van der Waals surface area contributed by atoms with E-state index in [-0.39, 0.29) is 11.9 Å². The highest BCUT2D eigenvalue weighted by Crippen LogP contribution is 2.10. The molecule has 0 fully saturated rings. The van der Waals surface area contributed by atoms with Gasteiger partial charge in [0.05, 0.1) is 18.5 Å². The molecule has 0 saturated heterocycles.